The van der Waals surface area contributed by atoms with Gasteiger partial charge in [0.25, 0.3) is 0 Å². The smallest absolute Gasteiger partial charge is 0.225 e. The maximum Gasteiger partial charge on any atom is 0.225 e. The number of ether oxygens (including phenoxy) is 2. The number of nitrogens with zero attached hydrogens (tertiary/aromatic N) is 1. The molecule has 3 fully saturated rings. The molecule has 2 amide bonds. The Bertz CT molecular complexity index is 502. The van der Waals surface area contributed by atoms with Crippen LogP contribution in [-0.2, 0) is 19.1 Å². The van der Waals surface area contributed by atoms with Crippen LogP contribution in [0.4, 0.5) is 0 Å². The van der Waals surface area contributed by atoms with Crippen LogP contribution in [-0.4, -0.2) is 60.8 Å². The van der Waals surface area contributed by atoms with E-state index in [1.165, 1.54) is 0 Å². The average molecular weight is 352 g/mol. The normalized spacial score (nSPS) is 27.4. The second-order valence-electron chi connectivity index (χ2n) is 8.36. The molecule has 6 heteroatoms. The Kier molecular flexibility index (Phi) is 5.40. The molecule has 0 aromatic rings. The SMILES string of the molecule is COC1(CC(=O)N2CCC3(CC2)CC(NC(=O)C(C)C)CO3)CCC1. The number of hydrogen-bond donors (Lipinski definition) is 1. The lowest BCUT2D eigenvalue weighted by molar-refractivity contribution is -0.148. The third kappa shape index (κ3) is 4.00. The summed E-state index contributed by atoms with van der Waals surface area (Å²) >= 11 is 0. The van der Waals surface area contributed by atoms with E-state index < -0.39 is 0 Å². The van der Waals surface area contributed by atoms with E-state index in [1.54, 1.807) is 7.11 Å². The van der Waals surface area contributed by atoms with Gasteiger partial charge in [0.05, 0.1) is 30.3 Å². The Morgan fingerprint density at radius 1 is 1.24 bits per heavy atom. The summed E-state index contributed by atoms with van der Waals surface area (Å²) in [7, 11) is 1.72. The summed E-state index contributed by atoms with van der Waals surface area (Å²) in [6.45, 7) is 5.87. The first kappa shape index (κ1) is 18.6. The molecule has 1 atom stereocenters. The molecule has 1 aliphatic carbocycles. The van der Waals surface area contributed by atoms with Crippen molar-refractivity contribution in [2.75, 3.05) is 26.8 Å². The zero-order valence-corrected chi connectivity index (χ0v) is 15.8. The molecule has 1 spiro atoms. The number of carbonyl (C=O) groups excluding carboxylic acids is 2. The van der Waals surface area contributed by atoms with Crippen molar-refractivity contribution in [3.8, 4) is 0 Å². The quantitative estimate of drug-likeness (QED) is 0.820. The summed E-state index contributed by atoms with van der Waals surface area (Å²) in [6, 6.07) is 0.101. The number of hydrogen-bond acceptors (Lipinski definition) is 4. The summed E-state index contributed by atoms with van der Waals surface area (Å²) in [5, 5.41) is 3.08. The predicted molar refractivity (Wildman–Crippen MR) is 94.1 cm³/mol. The molecule has 2 saturated heterocycles. The van der Waals surface area contributed by atoms with Gasteiger partial charge in [-0.15, -0.1) is 0 Å². The molecule has 25 heavy (non-hydrogen) atoms. The second-order valence-corrected chi connectivity index (χ2v) is 8.36. The summed E-state index contributed by atoms with van der Waals surface area (Å²) < 4.78 is 11.7. The van der Waals surface area contributed by atoms with Gasteiger partial charge in [-0.05, 0) is 38.5 Å². The van der Waals surface area contributed by atoms with Crippen LogP contribution in [0.5, 0.6) is 0 Å². The molecule has 3 aliphatic rings. The van der Waals surface area contributed by atoms with E-state index >= 15 is 0 Å². The molecule has 0 bridgehead atoms. The van der Waals surface area contributed by atoms with E-state index in [-0.39, 0.29) is 35.0 Å². The number of amides is 2. The van der Waals surface area contributed by atoms with Gasteiger partial charge in [0.2, 0.25) is 11.8 Å². The fourth-order valence-corrected chi connectivity index (χ4v) is 4.23. The van der Waals surface area contributed by atoms with Crippen molar-refractivity contribution >= 4 is 11.8 Å². The van der Waals surface area contributed by atoms with Crippen LogP contribution in [0.1, 0.15) is 58.8 Å². The highest BCUT2D eigenvalue weighted by atomic mass is 16.5. The van der Waals surface area contributed by atoms with E-state index in [9.17, 15) is 9.59 Å². The fourth-order valence-electron chi connectivity index (χ4n) is 4.23. The first-order valence-electron chi connectivity index (χ1n) is 9.64. The van der Waals surface area contributed by atoms with Gasteiger partial charge in [-0.2, -0.15) is 0 Å². The third-order valence-electron chi connectivity index (χ3n) is 6.28. The van der Waals surface area contributed by atoms with Gasteiger partial charge in [-0.1, -0.05) is 13.8 Å². The maximum absolute atomic E-state index is 12.6. The van der Waals surface area contributed by atoms with Crippen molar-refractivity contribution < 1.29 is 19.1 Å². The van der Waals surface area contributed by atoms with E-state index in [0.717, 1.165) is 51.6 Å². The largest absolute Gasteiger partial charge is 0.378 e. The Morgan fingerprint density at radius 3 is 2.44 bits per heavy atom. The van der Waals surface area contributed by atoms with Crippen LogP contribution in [0.3, 0.4) is 0 Å². The molecule has 1 N–H and O–H groups in total. The molecule has 1 unspecified atom stereocenters. The number of piperidine rings is 1. The number of rotatable bonds is 5. The van der Waals surface area contributed by atoms with E-state index in [1.807, 2.05) is 18.7 Å². The fraction of sp³-hybridized carbons (Fsp3) is 0.895. The summed E-state index contributed by atoms with van der Waals surface area (Å²) in [5.74, 6) is 0.290. The number of methoxy groups -OCH3 is 1. The minimum Gasteiger partial charge on any atom is -0.378 e. The van der Waals surface area contributed by atoms with Gasteiger partial charge in [-0.25, -0.2) is 0 Å². The zero-order chi connectivity index (χ0) is 18.1. The van der Waals surface area contributed by atoms with Crippen LogP contribution in [0.25, 0.3) is 0 Å². The number of likely N-dealkylation sites (tertiary alicyclic amines) is 1. The Hall–Kier alpha value is -1.14. The molecule has 3 rings (SSSR count). The highest BCUT2D eigenvalue weighted by Gasteiger charge is 2.45. The van der Waals surface area contributed by atoms with E-state index in [2.05, 4.69) is 5.32 Å². The van der Waals surface area contributed by atoms with Gasteiger partial charge < -0.3 is 19.7 Å². The molecule has 1 saturated carbocycles. The van der Waals surface area contributed by atoms with Crippen molar-refractivity contribution in [1.82, 2.24) is 10.2 Å². The zero-order valence-electron chi connectivity index (χ0n) is 15.8. The van der Waals surface area contributed by atoms with E-state index in [0.29, 0.717) is 13.0 Å². The predicted octanol–water partition coefficient (Wildman–Crippen LogP) is 1.87. The lowest BCUT2D eigenvalue weighted by atomic mass is 9.77. The van der Waals surface area contributed by atoms with Gasteiger partial charge in [0.15, 0.2) is 0 Å². The molecule has 2 aliphatic heterocycles. The van der Waals surface area contributed by atoms with Crippen molar-refractivity contribution in [1.29, 1.82) is 0 Å². The Labute approximate surface area is 150 Å². The Balaban J connectivity index is 1.47. The van der Waals surface area contributed by atoms with Gasteiger partial charge in [-0.3, -0.25) is 9.59 Å². The standard InChI is InChI=1S/C19H32N2O4/c1-14(2)17(23)20-15-11-19(25-13-15)7-9-21(10-8-19)16(22)12-18(24-3)5-4-6-18/h14-15H,4-13H2,1-3H3,(H,20,23). The molecular weight excluding hydrogens is 320 g/mol. The number of carbonyl (C=O) groups is 2. The summed E-state index contributed by atoms with van der Waals surface area (Å²) in [4.78, 5) is 26.4. The van der Waals surface area contributed by atoms with Gasteiger partial charge in [0, 0.05) is 26.1 Å². The van der Waals surface area contributed by atoms with Crippen molar-refractivity contribution in [3.63, 3.8) is 0 Å². The highest BCUT2D eigenvalue weighted by Crippen LogP contribution is 2.40. The number of nitrogens with one attached hydrogen (secondary N) is 1. The lowest BCUT2D eigenvalue weighted by Crippen LogP contribution is -2.50. The maximum atomic E-state index is 12.6. The second kappa shape index (κ2) is 7.23. The minimum atomic E-state index is -0.206. The molecule has 2 heterocycles. The first-order chi connectivity index (χ1) is 11.9. The van der Waals surface area contributed by atoms with Gasteiger partial charge in [0.1, 0.15) is 0 Å². The third-order valence-corrected chi connectivity index (χ3v) is 6.28. The highest BCUT2D eigenvalue weighted by molar-refractivity contribution is 5.78. The topological polar surface area (TPSA) is 67.9 Å². The van der Waals surface area contributed by atoms with Gasteiger partial charge >= 0.3 is 0 Å². The molecule has 142 valence electrons. The molecular formula is C19H32N2O4. The van der Waals surface area contributed by atoms with Crippen LogP contribution in [0.2, 0.25) is 0 Å². The minimum absolute atomic E-state index is 0.00405. The molecule has 0 aromatic heterocycles. The van der Waals surface area contributed by atoms with E-state index in [4.69, 9.17) is 9.47 Å². The molecule has 0 aromatic carbocycles. The van der Waals surface area contributed by atoms with Crippen LogP contribution in [0, 0.1) is 5.92 Å². The van der Waals surface area contributed by atoms with Crippen LogP contribution in [0.15, 0.2) is 0 Å². The summed E-state index contributed by atoms with van der Waals surface area (Å²) in [5.41, 5.74) is -0.372. The summed E-state index contributed by atoms with van der Waals surface area (Å²) in [6.07, 6.45) is 6.21. The van der Waals surface area contributed by atoms with Crippen molar-refractivity contribution in [2.24, 2.45) is 5.92 Å². The first-order valence-corrected chi connectivity index (χ1v) is 9.64. The van der Waals surface area contributed by atoms with Crippen molar-refractivity contribution in [3.05, 3.63) is 0 Å². The molecule has 6 nitrogen and oxygen atoms in total. The Morgan fingerprint density at radius 2 is 1.92 bits per heavy atom. The lowest BCUT2D eigenvalue weighted by Gasteiger charge is -2.43. The van der Waals surface area contributed by atoms with Crippen LogP contribution < -0.4 is 5.32 Å². The average Bonchev–Trinajstić information content (AvgIpc) is 2.93. The monoisotopic (exact) mass is 352 g/mol. The van der Waals surface area contributed by atoms with Crippen LogP contribution >= 0.6 is 0 Å². The van der Waals surface area contributed by atoms with Crippen molar-refractivity contribution in [2.45, 2.75) is 76.0 Å². The molecule has 0 radical (unpaired) electrons.